The summed E-state index contributed by atoms with van der Waals surface area (Å²) in [6, 6.07) is 24.2. The zero-order chi connectivity index (χ0) is 17.8. The summed E-state index contributed by atoms with van der Waals surface area (Å²) in [5.41, 5.74) is 1.36. The molecule has 1 heterocycles. The zero-order valence-corrected chi connectivity index (χ0v) is 14.6. The molecule has 0 N–H and O–H groups in total. The van der Waals surface area contributed by atoms with Crippen LogP contribution in [0.4, 0.5) is 0 Å². The number of hydrogen-bond donors (Lipinski definition) is 0. The Morgan fingerprint density at radius 1 is 0.885 bits per heavy atom. The first-order valence-electron chi connectivity index (χ1n) is 8.12. The van der Waals surface area contributed by atoms with E-state index in [1.165, 1.54) is 11.3 Å². The van der Waals surface area contributed by atoms with Gasteiger partial charge in [-0.25, -0.2) is 9.78 Å². The second-order valence-corrected chi connectivity index (χ2v) is 6.71. The Morgan fingerprint density at radius 2 is 1.65 bits per heavy atom. The maximum atomic E-state index is 12.3. The Morgan fingerprint density at radius 3 is 2.50 bits per heavy atom. The van der Waals surface area contributed by atoms with E-state index in [9.17, 15) is 4.79 Å². The first-order valence-corrected chi connectivity index (χ1v) is 8.94. The number of benzene rings is 3. The molecular weight excluding hydrogens is 346 g/mol. The molecule has 0 aliphatic carbocycles. The van der Waals surface area contributed by atoms with E-state index in [-0.39, 0.29) is 6.61 Å². The second kappa shape index (κ2) is 7.37. The van der Waals surface area contributed by atoms with Crippen LogP contribution in [0.25, 0.3) is 10.2 Å². The second-order valence-electron chi connectivity index (χ2n) is 5.59. The highest BCUT2D eigenvalue weighted by molar-refractivity contribution is 7.18. The molecule has 4 rings (SSSR count). The third kappa shape index (κ3) is 3.73. The fraction of sp³-hybridized carbons (Fsp3) is 0.0476. The SMILES string of the molecule is O=C(OCc1nc2ccccc2s1)c1cccc(Oc2ccccc2)c1. The summed E-state index contributed by atoms with van der Waals surface area (Å²) in [5, 5.41) is 0.774. The molecule has 4 nitrogen and oxygen atoms in total. The minimum Gasteiger partial charge on any atom is -0.457 e. The Kier molecular flexibility index (Phi) is 4.62. The lowest BCUT2D eigenvalue weighted by molar-refractivity contribution is 0.0472. The van der Waals surface area contributed by atoms with Gasteiger partial charge < -0.3 is 9.47 Å². The van der Waals surface area contributed by atoms with Gasteiger partial charge in [-0.1, -0.05) is 36.4 Å². The van der Waals surface area contributed by atoms with E-state index in [0.717, 1.165) is 15.2 Å². The molecule has 0 spiro atoms. The van der Waals surface area contributed by atoms with E-state index in [2.05, 4.69) is 4.98 Å². The summed E-state index contributed by atoms with van der Waals surface area (Å²) < 4.78 is 12.2. The van der Waals surface area contributed by atoms with Gasteiger partial charge in [-0.05, 0) is 42.5 Å². The number of thiazole rings is 1. The lowest BCUT2D eigenvalue weighted by atomic mass is 10.2. The molecule has 1 aromatic heterocycles. The monoisotopic (exact) mass is 361 g/mol. The van der Waals surface area contributed by atoms with E-state index in [0.29, 0.717) is 17.1 Å². The number of ether oxygens (including phenoxy) is 2. The van der Waals surface area contributed by atoms with Crippen LogP contribution in [0.5, 0.6) is 11.5 Å². The van der Waals surface area contributed by atoms with Crippen molar-refractivity contribution in [1.29, 1.82) is 0 Å². The van der Waals surface area contributed by atoms with Crippen molar-refractivity contribution in [3.05, 3.63) is 89.4 Å². The van der Waals surface area contributed by atoms with Crippen LogP contribution in [0.1, 0.15) is 15.4 Å². The van der Waals surface area contributed by atoms with Crippen LogP contribution >= 0.6 is 11.3 Å². The summed E-state index contributed by atoms with van der Waals surface area (Å²) in [5.74, 6) is 0.904. The predicted octanol–water partition coefficient (Wildman–Crippen LogP) is 5.45. The molecule has 0 saturated carbocycles. The normalized spacial score (nSPS) is 10.6. The maximum absolute atomic E-state index is 12.3. The molecule has 4 aromatic rings. The summed E-state index contributed by atoms with van der Waals surface area (Å²) in [6.45, 7) is 0.155. The molecule has 0 radical (unpaired) electrons. The number of carbonyl (C=O) groups is 1. The molecular formula is C21H15NO3S. The van der Waals surface area contributed by atoms with Crippen LogP contribution in [-0.4, -0.2) is 11.0 Å². The van der Waals surface area contributed by atoms with Gasteiger partial charge in [0.05, 0.1) is 15.8 Å². The fourth-order valence-electron chi connectivity index (χ4n) is 2.50. The highest BCUT2D eigenvalue weighted by Gasteiger charge is 2.11. The van der Waals surface area contributed by atoms with Gasteiger partial charge in [-0.2, -0.15) is 0 Å². The van der Waals surface area contributed by atoms with E-state index < -0.39 is 5.97 Å². The van der Waals surface area contributed by atoms with Crippen molar-refractivity contribution >= 4 is 27.5 Å². The van der Waals surface area contributed by atoms with Crippen molar-refractivity contribution in [1.82, 2.24) is 4.98 Å². The lowest BCUT2D eigenvalue weighted by Gasteiger charge is -2.07. The van der Waals surface area contributed by atoms with Crippen molar-refractivity contribution in [3.63, 3.8) is 0 Å². The average Bonchev–Trinajstić information content (AvgIpc) is 3.10. The van der Waals surface area contributed by atoms with Crippen LogP contribution in [-0.2, 0) is 11.3 Å². The summed E-state index contributed by atoms with van der Waals surface area (Å²) in [6.07, 6.45) is 0. The van der Waals surface area contributed by atoms with Crippen LogP contribution in [0.15, 0.2) is 78.9 Å². The Bertz CT molecular complexity index is 1010. The summed E-state index contributed by atoms with van der Waals surface area (Å²) in [7, 11) is 0. The number of esters is 1. The molecule has 0 fully saturated rings. The number of nitrogens with zero attached hydrogens (tertiary/aromatic N) is 1. The number of hydrogen-bond acceptors (Lipinski definition) is 5. The van der Waals surface area contributed by atoms with Crippen molar-refractivity contribution in [2.75, 3.05) is 0 Å². The number of carbonyl (C=O) groups excluding carboxylic acids is 1. The van der Waals surface area contributed by atoms with Crippen LogP contribution in [0, 0.1) is 0 Å². The summed E-state index contributed by atoms with van der Waals surface area (Å²) in [4.78, 5) is 16.8. The van der Waals surface area contributed by atoms with E-state index >= 15 is 0 Å². The van der Waals surface area contributed by atoms with Gasteiger partial charge in [0.2, 0.25) is 0 Å². The molecule has 0 amide bonds. The minimum atomic E-state index is -0.400. The van der Waals surface area contributed by atoms with Crippen LogP contribution in [0.3, 0.4) is 0 Å². The van der Waals surface area contributed by atoms with Gasteiger partial charge >= 0.3 is 5.97 Å². The number of para-hydroxylation sites is 2. The predicted molar refractivity (Wildman–Crippen MR) is 102 cm³/mol. The van der Waals surface area contributed by atoms with Gasteiger partial charge in [-0.3, -0.25) is 0 Å². The van der Waals surface area contributed by atoms with Gasteiger partial charge in [0, 0.05) is 0 Å². The van der Waals surface area contributed by atoms with Crippen molar-refractivity contribution in [2.45, 2.75) is 6.61 Å². The highest BCUT2D eigenvalue weighted by Crippen LogP contribution is 2.24. The van der Waals surface area contributed by atoms with Gasteiger partial charge in [0.1, 0.15) is 23.1 Å². The fourth-order valence-corrected chi connectivity index (χ4v) is 3.38. The molecule has 128 valence electrons. The molecule has 0 unspecified atom stereocenters. The smallest absolute Gasteiger partial charge is 0.338 e. The molecule has 0 atom stereocenters. The van der Waals surface area contributed by atoms with E-state index in [1.54, 1.807) is 24.3 Å². The van der Waals surface area contributed by atoms with Crippen molar-refractivity contribution < 1.29 is 14.3 Å². The molecule has 0 saturated heterocycles. The van der Waals surface area contributed by atoms with Gasteiger partial charge in [0.25, 0.3) is 0 Å². The third-order valence-corrected chi connectivity index (χ3v) is 4.72. The standard InChI is InChI=1S/C21H15NO3S/c23-21(24-14-20-22-18-11-4-5-12-19(18)26-20)15-7-6-10-17(13-15)25-16-8-2-1-3-9-16/h1-13H,14H2. The number of rotatable bonds is 5. The van der Waals surface area contributed by atoms with Gasteiger partial charge in [0.15, 0.2) is 0 Å². The first-order chi connectivity index (χ1) is 12.8. The minimum absolute atomic E-state index is 0.155. The summed E-state index contributed by atoms with van der Waals surface area (Å²) >= 11 is 1.53. The van der Waals surface area contributed by atoms with Crippen molar-refractivity contribution in [3.8, 4) is 11.5 Å². The number of aromatic nitrogens is 1. The highest BCUT2D eigenvalue weighted by atomic mass is 32.1. The number of fused-ring (bicyclic) bond motifs is 1. The molecule has 0 aliphatic heterocycles. The molecule has 0 aliphatic rings. The quantitative estimate of drug-likeness (QED) is 0.444. The Hall–Kier alpha value is -3.18. The van der Waals surface area contributed by atoms with E-state index in [4.69, 9.17) is 9.47 Å². The largest absolute Gasteiger partial charge is 0.457 e. The van der Waals surface area contributed by atoms with Gasteiger partial charge in [-0.15, -0.1) is 11.3 Å². The Balaban J connectivity index is 1.43. The average molecular weight is 361 g/mol. The molecule has 0 bridgehead atoms. The molecule has 26 heavy (non-hydrogen) atoms. The molecule has 5 heteroatoms. The maximum Gasteiger partial charge on any atom is 0.338 e. The lowest BCUT2D eigenvalue weighted by Crippen LogP contribution is -2.05. The first kappa shape index (κ1) is 16.3. The van der Waals surface area contributed by atoms with Crippen LogP contribution in [0.2, 0.25) is 0 Å². The third-order valence-electron chi connectivity index (χ3n) is 3.71. The topological polar surface area (TPSA) is 48.4 Å². The van der Waals surface area contributed by atoms with Crippen molar-refractivity contribution in [2.24, 2.45) is 0 Å². The van der Waals surface area contributed by atoms with E-state index in [1.807, 2.05) is 54.6 Å². The van der Waals surface area contributed by atoms with Crippen LogP contribution < -0.4 is 4.74 Å². The molecule has 3 aromatic carbocycles. The Labute approximate surface area is 154 Å². The zero-order valence-electron chi connectivity index (χ0n) is 13.8.